The maximum Gasteiger partial charge on any atom is 0.390 e. The molecule has 1 heterocycles. The summed E-state index contributed by atoms with van der Waals surface area (Å²) in [7, 11) is 2.67. The molecular formula is C14H19F3N2O3S. The number of carbonyl (C=O) groups excluding carboxylic acids is 2. The SMILES string of the molecule is COC(=O)c1c(NC(=O)CN(C)CCC(F)(F)F)sc(C)c1C. The van der Waals surface area contributed by atoms with E-state index < -0.39 is 24.5 Å². The average Bonchev–Trinajstić information content (AvgIpc) is 2.70. The highest BCUT2D eigenvalue weighted by molar-refractivity contribution is 7.16. The van der Waals surface area contributed by atoms with Gasteiger partial charge in [0.15, 0.2) is 0 Å². The van der Waals surface area contributed by atoms with Gasteiger partial charge in [-0.05, 0) is 26.5 Å². The van der Waals surface area contributed by atoms with Crippen LogP contribution in [-0.4, -0.2) is 50.2 Å². The number of anilines is 1. The Bertz CT molecular complexity index is 585. The molecule has 0 saturated carbocycles. The summed E-state index contributed by atoms with van der Waals surface area (Å²) in [5, 5.41) is 2.92. The van der Waals surface area contributed by atoms with Crippen LogP contribution in [0.4, 0.5) is 18.2 Å². The van der Waals surface area contributed by atoms with Crippen molar-refractivity contribution in [1.82, 2.24) is 4.90 Å². The Labute approximate surface area is 136 Å². The maximum absolute atomic E-state index is 12.2. The molecule has 1 rings (SSSR count). The Morgan fingerprint density at radius 3 is 2.43 bits per heavy atom. The number of hydrogen-bond donors (Lipinski definition) is 1. The third-order valence-electron chi connectivity index (χ3n) is 3.22. The molecule has 9 heteroatoms. The Morgan fingerprint density at radius 2 is 1.91 bits per heavy atom. The van der Waals surface area contributed by atoms with Crippen LogP contribution in [0.15, 0.2) is 0 Å². The van der Waals surface area contributed by atoms with Gasteiger partial charge in [-0.3, -0.25) is 9.69 Å². The van der Waals surface area contributed by atoms with Crippen LogP contribution in [-0.2, 0) is 9.53 Å². The molecule has 1 aromatic rings. The number of aryl methyl sites for hydroxylation is 1. The normalized spacial score (nSPS) is 11.7. The minimum Gasteiger partial charge on any atom is -0.465 e. The van der Waals surface area contributed by atoms with Crippen LogP contribution in [0.2, 0.25) is 0 Å². The summed E-state index contributed by atoms with van der Waals surface area (Å²) in [5.41, 5.74) is 0.990. The lowest BCUT2D eigenvalue weighted by Crippen LogP contribution is -2.32. The molecule has 0 atom stereocenters. The van der Waals surface area contributed by atoms with Gasteiger partial charge in [0.2, 0.25) is 5.91 Å². The highest BCUT2D eigenvalue weighted by Crippen LogP contribution is 2.32. The van der Waals surface area contributed by atoms with Gasteiger partial charge in [0.25, 0.3) is 0 Å². The number of likely N-dealkylation sites (N-methyl/N-ethyl adjacent to an activating group) is 1. The molecule has 1 N–H and O–H groups in total. The van der Waals surface area contributed by atoms with E-state index in [2.05, 4.69) is 5.32 Å². The van der Waals surface area contributed by atoms with Crippen molar-refractivity contribution in [3.05, 3.63) is 16.0 Å². The van der Waals surface area contributed by atoms with Crippen LogP contribution >= 0.6 is 11.3 Å². The summed E-state index contributed by atoms with van der Waals surface area (Å²) in [5.74, 6) is -1.05. The molecule has 0 bridgehead atoms. The second-order valence-electron chi connectivity index (χ2n) is 5.13. The van der Waals surface area contributed by atoms with E-state index in [1.165, 1.54) is 30.4 Å². The molecule has 0 unspecified atom stereocenters. The number of nitrogens with one attached hydrogen (secondary N) is 1. The Hall–Kier alpha value is -1.61. The van der Waals surface area contributed by atoms with Crippen molar-refractivity contribution in [3.8, 4) is 0 Å². The summed E-state index contributed by atoms with van der Waals surface area (Å²) in [6, 6.07) is 0. The molecule has 23 heavy (non-hydrogen) atoms. The summed E-state index contributed by atoms with van der Waals surface area (Å²) >= 11 is 1.23. The fourth-order valence-corrected chi connectivity index (χ4v) is 2.94. The zero-order valence-corrected chi connectivity index (χ0v) is 14.2. The second kappa shape index (κ2) is 7.78. The number of ether oxygens (including phenoxy) is 1. The number of halogens is 3. The fraction of sp³-hybridized carbons (Fsp3) is 0.571. The predicted molar refractivity (Wildman–Crippen MR) is 81.9 cm³/mol. The average molecular weight is 352 g/mol. The molecular weight excluding hydrogens is 333 g/mol. The number of alkyl halides is 3. The number of nitrogens with zero attached hydrogens (tertiary/aromatic N) is 1. The van der Waals surface area contributed by atoms with E-state index in [0.29, 0.717) is 10.6 Å². The first-order chi connectivity index (χ1) is 10.5. The van der Waals surface area contributed by atoms with Crippen molar-refractivity contribution < 1.29 is 27.5 Å². The van der Waals surface area contributed by atoms with E-state index in [9.17, 15) is 22.8 Å². The Balaban J connectivity index is 2.71. The topological polar surface area (TPSA) is 58.6 Å². The number of methoxy groups -OCH3 is 1. The van der Waals surface area contributed by atoms with Crippen molar-refractivity contribution >= 4 is 28.2 Å². The zero-order valence-electron chi connectivity index (χ0n) is 13.3. The summed E-state index contributed by atoms with van der Waals surface area (Å²) < 4.78 is 41.1. The number of amides is 1. The first-order valence-electron chi connectivity index (χ1n) is 6.78. The van der Waals surface area contributed by atoms with Crippen LogP contribution in [0, 0.1) is 13.8 Å². The molecule has 0 aliphatic rings. The van der Waals surface area contributed by atoms with Gasteiger partial charge in [-0.1, -0.05) is 0 Å². The molecule has 0 spiro atoms. The van der Waals surface area contributed by atoms with Crippen LogP contribution in [0.25, 0.3) is 0 Å². The summed E-state index contributed by atoms with van der Waals surface area (Å²) in [6.07, 6.45) is -5.24. The van der Waals surface area contributed by atoms with E-state index >= 15 is 0 Å². The van der Waals surface area contributed by atoms with E-state index in [1.54, 1.807) is 13.8 Å². The van der Waals surface area contributed by atoms with Crippen molar-refractivity contribution in [2.45, 2.75) is 26.4 Å². The van der Waals surface area contributed by atoms with E-state index in [-0.39, 0.29) is 18.7 Å². The predicted octanol–water partition coefficient (Wildman–Crippen LogP) is 2.97. The highest BCUT2D eigenvalue weighted by Gasteiger charge is 2.27. The van der Waals surface area contributed by atoms with Gasteiger partial charge in [0, 0.05) is 11.4 Å². The van der Waals surface area contributed by atoms with Gasteiger partial charge in [0.1, 0.15) is 5.00 Å². The van der Waals surface area contributed by atoms with E-state index in [0.717, 1.165) is 4.88 Å². The van der Waals surface area contributed by atoms with Crippen molar-refractivity contribution in [3.63, 3.8) is 0 Å². The Morgan fingerprint density at radius 1 is 1.30 bits per heavy atom. The number of carbonyl (C=O) groups is 2. The lowest BCUT2D eigenvalue weighted by molar-refractivity contribution is -0.138. The van der Waals surface area contributed by atoms with Crippen LogP contribution in [0.1, 0.15) is 27.2 Å². The highest BCUT2D eigenvalue weighted by atomic mass is 32.1. The van der Waals surface area contributed by atoms with Gasteiger partial charge in [-0.15, -0.1) is 11.3 Å². The standard InChI is InChI=1S/C14H19F3N2O3S/c1-8-9(2)23-12(11(8)13(21)22-4)18-10(20)7-19(3)6-5-14(15,16)17/h5-7H2,1-4H3,(H,18,20). The summed E-state index contributed by atoms with van der Waals surface area (Å²) in [6.45, 7) is 3.07. The zero-order chi connectivity index (χ0) is 17.8. The molecule has 1 aromatic heterocycles. The summed E-state index contributed by atoms with van der Waals surface area (Å²) in [4.78, 5) is 25.9. The third kappa shape index (κ3) is 5.83. The van der Waals surface area contributed by atoms with E-state index in [4.69, 9.17) is 4.74 Å². The molecule has 0 aliphatic heterocycles. The maximum atomic E-state index is 12.2. The van der Waals surface area contributed by atoms with Crippen LogP contribution < -0.4 is 5.32 Å². The van der Waals surface area contributed by atoms with Crippen molar-refractivity contribution in [1.29, 1.82) is 0 Å². The minimum absolute atomic E-state index is 0.202. The molecule has 0 aromatic carbocycles. The lowest BCUT2D eigenvalue weighted by Gasteiger charge is -2.17. The number of esters is 1. The minimum atomic E-state index is -4.26. The first-order valence-corrected chi connectivity index (χ1v) is 7.60. The molecule has 0 fully saturated rings. The van der Waals surface area contributed by atoms with Gasteiger partial charge in [0.05, 0.1) is 25.6 Å². The van der Waals surface area contributed by atoms with Gasteiger partial charge in [-0.25, -0.2) is 4.79 Å². The Kier molecular flexibility index (Phi) is 6.57. The lowest BCUT2D eigenvalue weighted by atomic mass is 10.1. The molecule has 0 aliphatic carbocycles. The van der Waals surface area contributed by atoms with E-state index in [1.807, 2.05) is 0 Å². The van der Waals surface area contributed by atoms with Gasteiger partial charge < -0.3 is 10.1 Å². The molecule has 5 nitrogen and oxygen atoms in total. The third-order valence-corrected chi connectivity index (χ3v) is 4.34. The van der Waals surface area contributed by atoms with Crippen LogP contribution in [0.5, 0.6) is 0 Å². The van der Waals surface area contributed by atoms with Gasteiger partial charge in [-0.2, -0.15) is 13.2 Å². The molecule has 1 amide bonds. The first kappa shape index (κ1) is 19.4. The number of hydrogen-bond acceptors (Lipinski definition) is 5. The van der Waals surface area contributed by atoms with Gasteiger partial charge >= 0.3 is 12.1 Å². The quantitative estimate of drug-likeness (QED) is 0.800. The van der Waals surface area contributed by atoms with Crippen molar-refractivity contribution in [2.24, 2.45) is 0 Å². The largest absolute Gasteiger partial charge is 0.465 e. The number of rotatable bonds is 6. The monoisotopic (exact) mass is 352 g/mol. The second-order valence-corrected chi connectivity index (χ2v) is 6.35. The van der Waals surface area contributed by atoms with Crippen LogP contribution in [0.3, 0.4) is 0 Å². The molecule has 0 saturated heterocycles. The smallest absolute Gasteiger partial charge is 0.390 e. The van der Waals surface area contributed by atoms with Crippen molar-refractivity contribution in [2.75, 3.05) is 32.6 Å². The molecule has 0 radical (unpaired) electrons. The number of thiophene rings is 1. The molecule has 130 valence electrons. The fourth-order valence-electron chi connectivity index (χ4n) is 1.87.